The van der Waals surface area contributed by atoms with Gasteiger partial charge in [-0.25, -0.2) is 15.5 Å². The standard InChI is InChI=1S/C23H22N8O/c1-32-14-17-8-3-7-16(28-17)12-26-13-21(31-25)20-11-19(29-23(24)30-20)18-9-2-5-15-6-4-10-27-22(15)18/h2-11,13,25-26H,12,14H2,1H3,(H2,24,29,30)/b21-13-,31-25?. The molecule has 3 aromatic heterocycles. The first kappa shape index (κ1) is 21.0. The summed E-state index contributed by atoms with van der Waals surface area (Å²) in [6.45, 7) is 0.903. The van der Waals surface area contributed by atoms with E-state index >= 15 is 0 Å². The number of nitrogens with one attached hydrogen (secondary N) is 2. The normalized spacial score (nSPS) is 11.5. The van der Waals surface area contributed by atoms with Crippen molar-refractivity contribution >= 4 is 22.5 Å². The Balaban J connectivity index is 1.61. The predicted octanol–water partition coefficient (Wildman–Crippen LogP) is 3.93. The van der Waals surface area contributed by atoms with Gasteiger partial charge in [-0.05, 0) is 24.3 Å². The molecule has 1 aromatic carbocycles. The van der Waals surface area contributed by atoms with Gasteiger partial charge in [0.1, 0.15) is 5.70 Å². The van der Waals surface area contributed by atoms with Crippen LogP contribution in [0.2, 0.25) is 0 Å². The number of para-hydroxylation sites is 1. The first-order valence-electron chi connectivity index (χ1n) is 9.91. The minimum absolute atomic E-state index is 0.0916. The van der Waals surface area contributed by atoms with Crippen LogP contribution in [0.1, 0.15) is 17.1 Å². The Morgan fingerprint density at radius 3 is 2.75 bits per heavy atom. The molecule has 9 nitrogen and oxygen atoms in total. The zero-order valence-electron chi connectivity index (χ0n) is 17.5. The Morgan fingerprint density at radius 1 is 1.09 bits per heavy atom. The van der Waals surface area contributed by atoms with Crippen molar-refractivity contribution in [2.24, 2.45) is 5.11 Å². The van der Waals surface area contributed by atoms with Crippen LogP contribution >= 0.6 is 0 Å². The molecule has 0 aliphatic heterocycles. The van der Waals surface area contributed by atoms with E-state index in [1.807, 2.05) is 48.5 Å². The van der Waals surface area contributed by atoms with E-state index in [1.54, 1.807) is 25.6 Å². The van der Waals surface area contributed by atoms with Crippen molar-refractivity contribution in [1.29, 1.82) is 5.53 Å². The number of fused-ring (bicyclic) bond motifs is 1. The van der Waals surface area contributed by atoms with Crippen molar-refractivity contribution in [3.8, 4) is 11.3 Å². The van der Waals surface area contributed by atoms with Gasteiger partial charge in [0.2, 0.25) is 5.95 Å². The van der Waals surface area contributed by atoms with Crippen molar-refractivity contribution in [2.75, 3.05) is 12.8 Å². The van der Waals surface area contributed by atoms with E-state index < -0.39 is 0 Å². The first-order chi connectivity index (χ1) is 15.7. The molecule has 160 valence electrons. The fourth-order valence-corrected chi connectivity index (χ4v) is 3.32. The number of anilines is 1. The maximum Gasteiger partial charge on any atom is 0.221 e. The summed E-state index contributed by atoms with van der Waals surface area (Å²) in [5.74, 6) is 0.0916. The molecule has 0 aliphatic rings. The quantitative estimate of drug-likeness (QED) is 0.363. The smallest absolute Gasteiger partial charge is 0.221 e. The van der Waals surface area contributed by atoms with Gasteiger partial charge in [0, 0.05) is 30.5 Å². The zero-order valence-corrected chi connectivity index (χ0v) is 17.5. The van der Waals surface area contributed by atoms with Gasteiger partial charge in [0.05, 0.1) is 41.4 Å². The molecule has 3 heterocycles. The van der Waals surface area contributed by atoms with Crippen molar-refractivity contribution in [1.82, 2.24) is 25.3 Å². The predicted molar refractivity (Wildman–Crippen MR) is 122 cm³/mol. The lowest BCUT2D eigenvalue weighted by molar-refractivity contribution is 0.181. The van der Waals surface area contributed by atoms with Gasteiger partial charge in [-0.3, -0.25) is 9.97 Å². The van der Waals surface area contributed by atoms with Crippen LogP contribution in [0.25, 0.3) is 27.9 Å². The van der Waals surface area contributed by atoms with E-state index in [0.717, 1.165) is 27.9 Å². The van der Waals surface area contributed by atoms with E-state index in [9.17, 15) is 0 Å². The maximum atomic E-state index is 7.62. The number of nitrogens with two attached hydrogens (primary N) is 1. The fraction of sp³-hybridized carbons (Fsp3) is 0.130. The Hall–Kier alpha value is -4.24. The van der Waals surface area contributed by atoms with Crippen LogP contribution in [-0.2, 0) is 17.9 Å². The Labute approximate surface area is 184 Å². The van der Waals surface area contributed by atoms with Crippen LogP contribution in [0.5, 0.6) is 0 Å². The van der Waals surface area contributed by atoms with Gasteiger partial charge in [-0.2, -0.15) is 5.11 Å². The van der Waals surface area contributed by atoms with E-state index in [-0.39, 0.29) is 5.95 Å². The third-order valence-electron chi connectivity index (χ3n) is 4.71. The van der Waals surface area contributed by atoms with Gasteiger partial charge in [0.15, 0.2) is 0 Å². The Morgan fingerprint density at radius 2 is 1.91 bits per heavy atom. The minimum atomic E-state index is 0.0916. The summed E-state index contributed by atoms with van der Waals surface area (Å²) in [5.41, 5.74) is 18.3. The molecule has 0 unspecified atom stereocenters. The Kier molecular flexibility index (Phi) is 6.38. The summed E-state index contributed by atoms with van der Waals surface area (Å²) in [5, 5.41) is 7.75. The molecular weight excluding hydrogens is 404 g/mol. The number of aromatic nitrogens is 4. The largest absolute Gasteiger partial charge is 0.383 e. The molecule has 32 heavy (non-hydrogen) atoms. The van der Waals surface area contributed by atoms with Crippen molar-refractivity contribution in [2.45, 2.75) is 13.2 Å². The number of nitrogens with zero attached hydrogens (tertiary/aromatic N) is 5. The molecule has 0 bridgehead atoms. The molecule has 0 aliphatic carbocycles. The van der Waals surface area contributed by atoms with Gasteiger partial charge >= 0.3 is 0 Å². The zero-order chi connectivity index (χ0) is 22.3. The second-order valence-electron chi connectivity index (χ2n) is 6.95. The average molecular weight is 426 g/mol. The molecule has 9 heteroatoms. The molecule has 0 radical (unpaired) electrons. The number of nitrogen functional groups attached to an aromatic ring is 1. The maximum absolute atomic E-state index is 7.62. The van der Waals surface area contributed by atoms with E-state index in [4.69, 9.17) is 16.0 Å². The van der Waals surface area contributed by atoms with Crippen LogP contribution in [0, 0.1) is 5.53 Å². The third kappa shape index (κ3) is 4.73. The number of hydrogen-bond donors (Lipinski definition) is 3. The summed E-state index contributed by atoms with van der Waals surface area (Å²) in [7, 11) is 1.63. The molecule has 0 atom stereocenters. The van der Waals surface area contributed by atoms with Crippen LogP contribution < -0.4 is 11.1 Å². The monoisotopic (exact) mass is 426 g/mol. The van der Waals surface area contributed by atoms with Crippen molar-refractivity contribution in [3.63, 3.8) is 0 Å². The van der Waals surface area contributed by atoms with Gasteiger partial charge in [0.25, 0.3) is 0 Å². The van der Waals surface area contributed by atoms with Crippen LogP contribution in [0.4, 0.5) is 5.95 Å². The molecule has 0 amide bonds. The van der Waals surface area contributed by atoms with Crippen LogP contribution in [0.15, 0.2) is 72.1 Å². The summed E-state index contributed by atoms with van der Waals surface area (Å²) in [4.78, 5) is 17.6. The molecule has 4 aromatic rings. The number of benzene rings is 1. The highest BCUT2D eigenvalue weighted by Gasteiger charge is 2.12. The molecular formula is C23H22N8O. The van der Waals surface area contributed by atoms with Crippen LogP contribution in [-0.4, -0.2) is 27.0 Å². The molecule has 0 saturated heterocycles. The second kappa shape index (κ2) is 9.71. The number of ether oxygens (including phenoxy) is 1. The highest BCUT2D eigenvalue weighted by molar-refractivity contribution is 5.92. The van der Waals surface area contributed by atoms with Crippen molar-refractivity contribution in [3.05, 3.63) is 84.1 Å². The van der Waals surface area contributed by atoms with Gasteiger partial charge in [-0.15, -0.1) is 0 Å². The lowest BCUT2D eigenvalue weighted by Crippen LogP contribution is -2.09. The SMILES string of the molecule is COCc1cccc(CN/C=C(\N=N)c2cc(-c3cccc4cccnc34)nc(N)n2)n1. The third-order valence-corrected chi connectivity index (χ3v) is 4.71. The molecule has 4 N–H and O–H groups in total. The van der Waals surface area contributed by atoms with Gasteiger partial charge in [-0.1, -0.05) is 30.3 Å². The number of hydrogen-bond acceptors (Lipinski definition) is 9. The number of methoxy groups -OCH3 is 1. The summed E-state index contributed by atoms with van der Waals surface area (Å²) in [6.07, 6.45) is 3.35. The van der Waals surface area contributed by atoms with E-state index in [2.05, 4.69) is 30.4 Å². The molecule has 0 fully saturated rings. The summed E-state index contributed by atoms with van der Waals surface area (Å²) >= 11 is 0. The lowest BCUT2D eigenvalue weighted by Gasteiger charge is -2.09. The van der Waals surface area contributed by atoms with E-state index in [0.29, 0.717) is 30.2 Å². The number of pyridine rings is 2. The minimum Gasteiger partial charge on any atom is -0.383 e. The average Bonchev–Trinajstić information content (AvgIpc) is 2.81. The summed E-state index contributed by atoms with van der Waals surface area (Å²) in [6, 6.07) is 17.2. The summed E-state index contributed by atoms with van der Waals surface area (Å²) < 4.78 is 5.12. The first-order valence-corrected chi connectivity index (χ1v) is 9.91. The van der Waals surface area contributed by atoms with Crippen molar-refractivity contribution < 1.29 is 4.74 Å². The molecule has 4 rings (SSSR count). The van der Waals surface area contributed by atoms with Crippen LogP contribution in [0.3, 0.4) is 0 Å². The van der Waals surface area contributed by atoms with Gasteiger partial charge < -0.3 is 15.8 Å². The highest BCUT2D eigenvalue weighted by Crippen LogP contribution is 2.28. The second-order valence-corrected chi connectivity index (χ2v) is 6.95. The molecule has 0 spiro atoms. The topological polar surface area (TPSA) is 135 Å². The Bertz CT molecular complexity index is 1280. The lowest BCUT2D eigenvalue weighted by atomic mass is 10.1. The molecule has 0 saturated carbocycles. The fourth-order valence-electron chi connectivity index (χ4n) is 3.32. The highest BCUT2D eigenvalue weighted by atomic mass is 16.5. The number of rotatable bonds is 8. The van der Waals surface area contributed by atoms with E-state index in [1.165, 1.54) is 0 Å².